The van der Waals surface area contributed by atoms with Crippen molar-refractivity contribution in [2.75, 3.05) is 9.80 Å². The standard InChI is InChI=1S/C30H28F9N7O2/c1-16(2)48-26(47)46-23-6-5-19(28(31,32)33)12-22(23)24(14-27(46)13-17(27)3)44(25-41-43-45(42-25)8-4-7-40)15-18-9-20(29(34,35)36)11-21(10-18)30(37,38)39/h5-6,9-12,16-17,24H,4,8,13-15H2,1-3H3/t17?,24-,27-/m0/s1. The molecule has 9 nitrogen and oxygen atoms in total. The van der Waals surface area contributed by atoms with E-state index in [4.69, 9.17) is 10.00 Å². The van der Waals surface area contributed by atoms with Gasteiger partial charge in [0.25, 0.3) is 5.95 Å². The summed E-state index contributed by atoms with van der Waals surface area (Å²) < 4.78 is 130. The van der Waals surface area contributed by atoms with Crippen molar-refractivity contribution in [3.05, 3.63) is 64.2 Å². The largest absolute Gasteiger partial charge is 0.446 e. The van der Waals surface area contributed by atoms with Crippen LogP contribution in [0.4, 0.5) is 55.9 Å². The quantitative estimate of drug-likeness (QED) is 0.233. The number of ether oxygens (including phenoxy) is 1. The van der Waals surface area contributed by atoms with Gasteiger partial charge in [0.1, 0.15) is 0 Å². The lowest BCUT2D eigenvalue weighted by molar-refractivity contribution is -0.143. The van der Waals surface area contributed by atoms with Crippen LogP contribution in [0.1, 0.15) is 73.9 Å². The molecule has 2 heterocycles. The van der Waals surface area contributed by atoms with Gasteiger partial charge in [-0.3, -0.25) is 4.90 Å². The van der Waals surface area contributed by atoms with Crippen LogP contribution < -0.4 is 9.80 Å². The van der Waals surface area contributed by atoms with Gasteiger partial charge in [-0.05, 0) is 85.3 Å². The van der Waals surface area contributed by atoms with Crippen LogP contribution in [0.5, 0.6) is 0 Å². The highest BCUT2D eigenvalue weighted by molar-refractivity contribution is 5.93. The van der Waals surface area contributed by atoms with Crippen LogP contribution in [0.2, 0.25) is 0 Å². The molecule has 1 unspecified atom stereocenters. The van der Waals surface area contributed by atoms with Gasteiger partial charge in [0.15, 0.2) is 0 Å². The minimum atomic E-state index is -5.16. The highest BCUT2D eigenvalue weighted by Gasteiger charge is 2.62. The molecule has 2 aliphatic rings. The predicted octanol–water partition coefficient (Wildman–Crippen LogP) is 7.92. The number of amides is 1. The number of rotatable bonds is 7. The third-order valence-electron chi connectivity index (χ3n) is 8.38. The summed E-state index contributed by atoms with van der Waals surface area (Å²) in [5, 5.41) is 20.9. The van der Waals surface area contributed by atoms with Crippen LogP contribution in [0.25, 0.3) is 0 Å². The van der Waals surface area contributed by atoms with Crippen molar-refractivity contribution in [3.63, 3.8) is 0 Å². The second-order valence-electron chi connectivity index (χ2n) is 12.1. The average molecular weight is 690 g/mol. The Balaban J connectivity index is 1.72. The van der Waals surface area contributed by atoms with Crippen molar-refractivity contribution < 1.29 is 49.0 Å². The summed E-state index contributed by atoms with van der Waals surface area (Å²) in [5.74, 6) is -0.546. The summed E-state index contributed by atoms with van der Waals surface area (Å²) >= 11 is 0. The summed E-state index contributed by atoms with van der Waals surface area (Å²) in [7, 11) is 0. The molecule has 1 aliphatic heterocycles. The van der Waals surface area contributed by atoms with Gasteiger partial charge >= 0.3 is 24.6 Å². The average Bonchev–Trinajstić information content (AvgIpc) is 3.36. The number of benzene rings is 2. The van der Waals surface area contributed by atoms with Gasteiger partial charge in [-0.15, -0.1) is 5.10 Å². The van der Waals surface area contributed by atoms with Crippen molar-refractivity contribution >= 4 is 17.7 Å². The second kappa shape index (κ2) is 12.2. The molecule has 1 aliphatic carbocycles. The molecule has 3 aromatic rings. The Kier molecular flexibility index (Phi) is 8.80. The molecule has 2 aromatic carbocycles. The van der Waals surface area contributed by atoms with E-state index >= 15 is 0 Å². The molecular weight excluding hydrogens is 661 g/mol. The molecular formula is C30H28F9N7O2. The molecule has 0 saturated heterocycles. The lowest BCUT2D eigenvalue weighted by Crippen LogP contribution is -2.51. The maximum absolute atomic E-state index is 14.0. The van der Waals surface area contributed by atoms with E-state index in [1.165, 1.54) is 9.80 Å². The number of fused-ring (bicyclic) bond motifs is 1. The summed E-state index contributed by atoms with van der Waals surface area (Å²) in [6, 6.07) is 4.33. The molecule has 0 bridgehead atoms. The number of hydrogen-bond donors (Lipinski definition) is 0. The number of halogens is 9. The first-order valence-corrected chi connectivity index (χ1v) is 14.7. The number of nitriles is 1. The third-order valence-corrected chi connectivity index (χ3v) is 8.38. The first-order chi connectivity index (χ1) is 22.2. The van der Waals surface area contributed by atoms with Crippen molar-refractivity contribution in [3.8, 4) is 6.07 Å². The number of alkyl halides is 9. The molecule has 1 saturated carbocycles. The molecule has 0 N–H and O–H groups in total. The van der Waals surface area contributed by atoms with Crippen molar-refractivity contribution in [2.45, 2.75) is 89.3 Å². The number of carbonyl (C=O) groups is 1. The van der Waals surface area contributed by atoms with Crippen molar-refractivity contribution in [2.24, 2.45) is 5.92 Å². The molecule has 258 valence electrons. The molecule has 1 fully saturated rings. The van der Waals surface area contributed by atoms with Gasteiger partial charge in [0, 0.05) is 6.54 Å². The van der Waals surface area contributed by atoms with Gasteiger partial charge in [0.05, 0.1) is 59.1 Å². The van der Waals surface area contributed by atoms with Gasteiger partial charge in [0.2, 0.25) is 0 Å². The molecule has 48 heavy (non-hydrogen) atoms. The monoisotopic (exact) mass is 689 g/mol. The second-order valence-corrected chi connectivity index (χ2v) is 12.1. The van der Waals surface area contributed by atoms with Crippen LogP contribution >= 0.6 is 0 Å². The van der Waals surface area contributed by atoms with E-state index in [2.05, 4.69) is 15.4 Å². The number of aromatic nitrogens is 4. The topological polar surface area (TPSA) is 100 Å². The molecule has 1 amide bonds. The van der Waals surface area contributed by atoms with Crippen LogP contribution in [0, 0.1) is 17.2 Å². The number of carbonyl (C=O) groups excluding carboxylic acids is 1. The summed E-state index contributed by atoms with van der Waals surface area (Å²) in [6.07, 6.45) is -16.4. The zero-order chi connectivity index (χ0) is 35.4. The smallest absolute Gasteiger partial charge is 0.416 e. The van der Waals surface area contributed by atoms with E-state index in [-0.39, 0.29) is 48.6 Å². The minimum absolute atomic E-state index is 0.0242. The number of nitrogens with zero attached hydrogens (tertiary/aromatic N) is 7. The Bertz CT molecular complexity index is 1700. The van der Waals surface area contributed by atoms with Crippen LogP contribution in [-0.4, -0.2) is 37.9 Å². The van der Waals surface area contributed by atoms with Crippen molar-refractivity contribution in [1.29, 1.82) is 5.26 Å². The van der Waals surface area contributed by atoms with Gasteiger partial charge in [-0.2, -0.15) is 49.6 Å². The highest BCUT2D eigenvalue weighted by Crippen LogP contribution is 2.60. The normalized spacial score (nSPS) is 20.9. The first kappa shape index (κ1) is 34.8. The number of hydrogen-bond acceptors (Lipinski definition) is 7. The van der Waals surface area contributed by atoms with Crippen LogP contribution in [0.3, 0.4) is 0 Å². The fourth-order valence-electron chi connectivity index (χ4n) is 6.08. The third kappa shape index (κ3) is 6.85. The molecule has 5 rings (SSSR count). The molecule has 1 aromatic heterocycles. The SMILES string of the molecule is CC(C)OC(=O)N1c2ccc(C(F)(F)F)cc2[C@@H](N(Cc2cc(C(F)(F)F)cc(C(F)(F)F)c2)c2nnn(CCC#N)n2)C[C@]12CC2C. The first-order valence-electron chi connectivity index (χ1n) is 14.7. The molecule has 0 radical (unpaired) electrons. The zero-order valence-corrected chi connectivity index (χ0v) is 25.6. The van der Waals surface area contributed by atoms with Crippen LogP contribution in [-0.2, 0) is 36.4 Å². The van der Waals surface area contributed by atoms with E-state index in [9.17, 15) is 44.3 Å². The van der Waals surface area contributed by atoms with E-state index < -0.39 is 71.1 Å². The van der Waals surface area contributed by atoms with Crippen molar-refractivity contribution in [1.82, 2.24) is 20.2 Å². The number of anilines is 2. The Hall–Kier alpha value is -4.56. The lowest BCUT2D eigenvalue weighted by Gasteiger charge is -2.45. The summed E-state index contributed by atoms with van der Waals surface area (Å²) in [4.78, 5) is 16.9. The van der Waals surface area contributed by atoms with E-state index in [0.29, 0.717) is 18.6 Å². The summed E-state index contributed by atoms with van der Waals surface area (Å²) in [6.45, 7) is 4.18. The van der Waals surface area contributed by atoms with Gasteiger partial charge < -0.3 is 9.64 Å². The summed E-state index contributed by atoms with van der Waals surface area (Å²) in [5.41, 5.74) is -5.87. The Morgan fingerprint density at radius 3 is 2.12 bits per heavy atom. The van der Waals surface area contributed by atoms with E-state index in [1.807, 2.05) is 6.07 Å². The zero-order valence-electron chi connectivity index (χ0n) is 25.6. The maximum Gasteiger partial charge on any atom is 0.416 e. The van der Waals surface area contributed by atoms with E-state index in [1.54, 1.807) is 20.8 Å². The Labute approximate surface area is 267 Å². The fourth-order valence-corrected chi connectivity index (χ4v) is 6.08. The van der Waals surface area contributed by atoms with Gasteiger partial charge in [-0.1, -0.05) is 12.0 Å². The highest BCUT2D eigenvalue weighted by atomic mass is 19.4. The minimum Gasteiger partial charge on any atom is -0.446 e. The Morgan fingerprint density at radius 2 is 1.60 bits per heavy atom. The molecule has 3 atom stereocenters. The Morgan fingerprint density at radius 1 is 1.00 bits per heavy atom. The fraction of sp³-hybridized carbons (Fsp3) is 0.500. The van der Waals surface area contributed by atoms with Gasteiger partial charge in [-0.25, -0.2) is 4.79 Å². The number of aryl methyl sites for hydroxylation is 1. The van der Waals surface area contributed by atoms with E-state index in [0.717, 1.165) is 23.0 Å². The van der Waals surface area contributed by atoms with Crippen LogP contribution in [0.15, 0.2) is 36.4 Å². The maximum atomic E-state index is 14.0. The molecule has 18 heteroatoms. The number of tetrazole rings is 1. The lowest BCUT2D eigenvalue weighted by atomic mass is 9.86. The predicted molar refractivity (Wildman–Crippen MR) is 150 cm³/mol. The molecule has 1 spiro atoms.